The molecule has 0 spiro atoms. The number of hydrogen-bond acceptors (Lipinski definition) is 7. The van der Waals surface area contributed by atoms with E-state index in [0.717, 1.165) is 28.1 Å². The van der Waals surface area contributed by atoms with Crippen LogP contribution in [0.2, 0.25) is 0 Å². The molecule has 9 radical (unpaired) electrons. The molecule has 3 rings (SSSR count). The third-order valence-corrected chi connectivity index (χ3v) is 6.72. The number of rotatable bonds is 0. The fourth-order valence-corrected chi connectivity index (χ4v) is 2.69. The fourth-order valence-electron chi connectivity index (χ4n) is 1.36. The van der Waals surface area contributed by atoms with Crippen LogP contribution >= 0.6 is 120 Å². The Morgan fingerprint density at radius 2 is 0.587 bits per heavy atom. The van der Waals surface area contributed by atoms with Gasteiger partial charge in [0, 0.05) is 53.3 Å². The predicted molar refractivity (Wildman–Crippen MR) is 238 cm³/mol. The Labute approximate surface area is 349 Å². The quantitative estimate of drug-likeness (QED) is 0.0872. The van der Waals surface area contributed by atoms with Crippen molar-refractivity contribution < 1.29 is 25.9 Å². The molecule has 3 aromatic rings. The van der Waals surface area contributed by atoms with Gasteiger partial charge in [0.25, 0.3) is 20.2 Å². The summed E-state index contributed by atoms with van der Waals surface area (Å²) >= 11 is 22.4. The lowest BCUT2D eigenvalue weighted by atomic mass is 10.4. The van der Waals surface area contributed by atoms with E-state index in [1.165, 1.54) is 0 Å². The van der Waals surface area contributed by atoms with Crippen molar-refractivity contribution in [3.8, 4) is 0 Å². The van der Waals surface area contributed by atoms with Crippen molar-refractivity contribution in [2.45, 2.75) is 63.7 Å². The third kappa shape index (κ3) is 75.4. The Morgan fingerprint density at radius 1 is 0.478 bits per heavy atom. The summed E-state index contributed by atoms with van der Waals surface area (Å²) in [6.45, 7) is 12.0. The van der Waals surface area contributed by atoms with Crippen LogP contribution in [0.4, 0.5) is 0 Å². The molecular weight excluding hydrogens is 1010 g/mol. The standard InChI is InChI=1S/3C6H5BrS.3C2H6.2CH4O3S.CH4.3B.2BrH/c3*7-5-3-1-2-4-6(5)8;3*1-2;2*1-5(2,3)4;;;;;;/h3*1-4,8H;3*1-2H3;2*1H3,(H,2,3,4);1H4;;;;2*1H. The molecule has 0 saturated heterocycles. The van der Waals surface area contributed by atoms with Crippen molar-refractivity contribution in [2.75, 3.05) is 12.5 Å². The zero-order chi connectivity index (χ0) is 32.9. The van der Waals surface area contributed by atoms with Gasteiger partial charge in [0.05, 0.1) is 12.5 Å². The molecule has 0 aromatic heterocycles. The van der Waals surface area contributed by atoms with E-state index in [0.29, 0.717) is 12.5 Å². The minimum absolute atomic E-state index is 0. The topological polar surface area (TPSA) is 109 Å². The van der Waals surface area contributed by atoms with Gasteiger partial charge in [0.1, 0.15) is 0 Å². The maximum absolute atomic E-state index is 9.19. The van der Waals surface area contributed by atoms with Gasteiger partial charge in [-0.2, -0.15) is 16.8 Å². The van der Waals surface area contributed by atoms with Gasteiger partial charge in [-0.25, -0.2) is 0 Å². The first-order valence-corrected chi connectivity index (χ1v) is 19.0. The van der Waals surface area contributed by atoms with Crippen LogP contribution in [-0.4, -0.2) is 63.7 Å². The summed E-state index contributed by atoms with van der Waals surface area (Å²) in [4.78, 5) is 2.94. The molecule has 19 heteroatoms. The maximum Gasteiger partial charge on any atom is 0.261 e. The van der Waals surface area contributed by atoms with Gasteiger partial charge in [-0.15, -0.1) is 71.8 Å². The number of thiol groups is 3. The van der Waals surface area contributed by atoms with E-state index in [4.69, 9.17) is 9.11 Å². The zero-order valence-electron chi connectivity index (χ0n) is 26.3. The Balaban J connectivity index is -0.0000000348. The Bertz CT molecular complexity index is 1020. The average molecular weight is 1060 g/mol. The smallest absolute Gasteiger partial charge is 0.261 e. The Morgan fingerprint density at radius 3 is 0.652 bits per heavy atom. The lowest BCUT2D eigenvalue weighted by molar-refractivity contribution is 0.488. The molecule has 0 amide bonds. The summed E-state index contributed by atoms with van der Waals surface area (Å²) < 4.78 is 54.9. The molecule has 0 aliphatic carbocycles. The van der Waals surface area contributed by atoms with Crippen LogP contribution in [0.5, 0.6) is 0 Å². The van der Waals surface area contributed by atoms with Gasteiger partial charge in [-0.3, -0.25) is 9.11 Å². The molecule has 0 fully saturated rings. The Hall–Kier alpha value is 1.12. The second-order valence-corrected chi connectivity index (χ2v) is 12.8. The second kappa shape index (κ2) is 50.5. The van der Waals surface area contributed by atoms with Crippen molar-refractivity contribution in [1.82, 2.24) is 0 Å². The SMILES string of the molecule is Br.Br.C.CC.CC.CC.CS(=O)(=O)O.CS(=O)(=O)O.Sc1ccccc1Br.Sc1ccccc1Br.Sc1ccccc1Br.[B].[B].[B]. The highest BCUT2D eigenvalue weighted by molar-refractivity contribution is 9.11. The highest BCUT2D eigenvalue weighted by atomic mass is 79.9. The fraction of sp³-hybridized carbons (Fsp3) is 0.333. The lowest BCUT2D eigenvalue weighted by Gasteiger charge is -1.90. The summed E-state index contributed by atoms with van der Waals surface area (Å²) in [5.41, 5.74) is 0. The van der Waals surface area contributed by atoms with Crippen molar-refractivity contribution >= 4 is 165 Å². The molecule has 0 heterocycles. The maximum atomic E-state index is 9.19. The van der Waals surface area contributed by atoms with Gasteiger partial charge >= 0.3 is 0 Å². The van der Waals surface area contributed by atoms with Crippen LogP contribution in [-0.2, 0) is 20.2 Å². The number of benzene rings is 3. The Kier molecular flexibility index (Phi) is 84.3. The average Bonchev–Trinajstić information content (AvgIpc) is 2.87. The first-order chi connectivity index (χ1) is 18.4. The summed E-state index contributed by atoms with van der Waals surface area (Å²) in [5.74, 6) is 0. The number of halogens is 5. The van der Waals surface area contributed by atoms with Crippen molar-refractivity contribution in [2.24, 2.45) is 0 Å². The van der Waals surface area contributed by atoms with E-state index in [9.17, 15) is 16.8 Å². The third-order valence-electron chi connectivity index (χ3n) is 2.56. The van der Waals surface area contributed by atoms with Gasteiger partial charge in [-0.1, -0.05) is 85.4 Å². The van der Waals surface area contributed by atoms with E-state index >= 15 is 0 Å². The largest absolute Gasteiger partial charge is 0.286 e. The van der Waals surface area contributed by atoms with E-state index < -0.39 is 20.2 Å². The number of hydrogen-bond donors (Lipinski definition) is 5. The molecule has 2 N–H and O–H groups in total. The summed E-state index contributed by atoms with van der Waals surface area (Å²) in [5, 5.41) is 0. The zero-order valence-corrected chi connectivity index (χ0v) is 38.8. The van der Waals surface area contributed by atoms with Gasteiger partial charge < -0.3 is 0 Å². The predicted octanol–water partition coefficient (Wildman–Crippen LogP) is 10.9. The molecule has 0 atom stereocenters. The molecule has 0 aliphatic rings. The first kappa shape index (κ1) is 76.8. The highest BCUT2D eigenvalue weighted by Gasteiger charge is 1.88. The molecule has 265 valence electrons. The van der Waals surface area contributed by atoms with E-state index in [-0.39, 0.29) is 66.6 Å². The van der Waals surface area contributed by atoms with Crippen LogP contribution in [0.3, 0.4) is 0 Å². The minimum atomic E-state index is -3.67. The van der Waals surface area contributed by atoms with Gasteiger partial charge in [0.15, 0.2) is 0 Å². The molecule has 0 aliphatic heterocycles. The van der Waals surface area contributed by atoms with Crippen LogP contribution in [0.25, 0.3) is 0 Å². The summed E-state index contributed by atoms with van der Waals surface area (Å²) in [6, 6.07) is 23.4. The highest BCUT2D eigenvalue weighted by Crippen LogP contribution is 2.19. The van der Waals surface area contributed by atoms with Crippen LogP contribution in [0.15, 0.2) is 101 Å². The van der Waals surface area contributed by atoms with Gasteiger partial charge in [-0.05, 0) is 84.2 Å². The molecule has 0 unspecified atom stereocenters. The van der Waals surface area contributed by atoms with E-state index in [1.807, 2.05) is 114 Å². The summed E-state index contributed by atoms with van der Waals surface area (Å²) in [6.07, 6.45) is 1.43. The molecule has 6 nitrogen and oxygen atoms in total. The first-order valence-electron chi connectivity index (χ1n) is 11.6. The van der Waals surface area contributed by atoms with Crippen LogP contribution in [0, 0.1) is 0 Å². The van der Waals surface area contributed by atoms with Crippen LogP contribution < -0.4 is 0 Å². The van der Waals surface area contributed by atoms with E-state index in [1.54, 1.807) is 0 Å². The van der Waals surface area contributed by atoms with Crippen molar-refractivity contribution in [1.29, 1.82) is 0 Å². The molecule has 0 saturated carbocycles. The normalized spacial score (nSPS) is 7.74. The van der Waals surface area contributed by atoms with Crippen molar-refractivity contribution in [3.63, 3.8) is 0 Å². The molecule has 46 heavy (non-hydrogen) atoms. The van der Waals surface area contributed by atoms with E-state index in [2.05, 4.69) is 85.7 Å². The van der Waals surface area contributed by atoms with Gasteiger partial charge in [0.2, 0.25) is 0 Å². The van der Waals surface area contributed by atoms with Crippen molar-refractivity contribution in [3.05, 3.63) is 86.2 Å². The second-order valence-electron chi connectivity index (χ2n) is 5.82. The van der Waals surface area contributed by atoms with Crippen LogP contribution in [0.1, 0.15) is 49.0 Å². The lowest BCUT2D eigenvalue weighted by Crippen LogP contribution is -1.88. The minimum Gasteiger partial charge on any atom is -0.286 e. The molecule has 3 aromatic carbocycles. The monoisotopic (exact) mass is 1050 g/mol. The molecule has 0 bridgehead atoms. The molecular formula is C27H47B3Br5O6S5. The summed E-state index contributed by atoms with van der Waals surface area (Å²) in [7, 11) is -7.33.